The number of para-hydroxylation sites is 1. The van der Waals surface area contributed by atoms with Crippen molar-refractivity contribution in [3.05, 3.63) is 29.8 Å². The van der Waals surface area contributed by atoms with Crippen LogP contribution in [-0.4, -0.2) is 23.8 Å². The van der Waals surface area contributed by atoms with Crippen molar-refractivity contribution in [2.24, 2.45) is 5.73 Å². The van der Waals surface area contributed by atoms with Crippen LogP contribution in [0.15, 0.2) is 24.3 Å². The number of rotatable bonds is 2. The molecule has 104 valence electrons. The van der Waals surface area contributed by atoms with Gasteiger partial charge >= 0.3 is 0 Å². The molecule has 1 aliphatic carbocycles. The molecule has 0 aromatic heterocycles. The maximum absolute atomic E-state index is 10.7. The topological polar surface area (TPSA) is 49.5 Å². The molecule has 0 saturated heterocycles. The number of nitrogens with zero attached hydrogens (tertiary/aromatic N) is 1. The monoisotopic (exact) mass is 260 g/mol. The summed E-state index contributed by atoms with van der Waals surface area (Å²) in [6.45, 7) is 1.77. The van der Waals surface area contributed by atoms with Crippen molar-refractivity contribution in [3.8, 4) is 0 Å². The van der Waals surface area contributed by atoms with E-state index >= 15 is 0 Å². The lowest BCUT2D eigenvalue weighted by Crippen LogP contribution is -2.41. The summed E-state index contributed by atoms with van der Waals surface area (Å²) in [5.41, 5.74) is 8.24. The van der Waals surface area contributed by atoms with Gasteiger partial charge in [-0.25, -0.2) is 0 Å². The van der Waals surface area contributed by atoms with E-state index in [9.17, 15) is 5.11 Å². The maximum atomic E-state index is 10.7. The smallest absolute Gasteiger partial charge is 0.0821 e. The predicted octanol–water partition coefficient (Wildman–Crippen LogP) is 2.59. The van der Waals surface area contributed by atoms with Crippen LogP contribution in [0.2, 0.25) is 0 Å². The molecule has 3 N–H and O–H groups in total. The lowest BCUT2D eigenvalue weighted by atomic mass is 10.00. The van der Waals surface area contributed by atoms with Gasteiger partial charge in [-0.15, -0.1) is 0 Å². The molecule has 3 rings (SSSR count). The molecule has 1 unspecified atom stereocenters. The van der Waals surface area contributed by atoms with E-state index in [1.54, 1.807) is 0 Å². The van der Waals surface area contributed by atoms with Crippen LogP contribution >= 0.6 is 0 Å². The first-order chi connectivity index (χ1) is 9.18. The summed E-state index contributed by atoms with van der Waals surface area (Å²) in [6.07, 6.45) is 6.34. The van der Waals surface area contributed by atoms with Crippen LogP contribution in [0.1, 0.15) is 50.1 Å². The summed E-state index contributed by atoms with van der Waals surface area (Å²) in [4.78, 5) is 2.35. The zero-order chi connectivity index (χ0) is 13.3. The molecule has 3 nitrogen and oxygen atoms in total. The Labute approximate surface area is 115 Å². The first-order valence-corrected chi connectivity index (χ1v) is 7.50. The Balaban J connectivity index is 1.87. The third-order valence-electron chi connectivity index (χ3n) is 4.64. The molecule has 1 heterocycles. The minimum atomic E-state index is -0.485. The highest BCUT2D eigenvalue weighted by atomic mass is 16.3. The Bertz CT molecular complexity index is 440. The molecule has 0 amide bonds. The third kappa shape index (κ3) is 2.63. The number of benzene rings is 1. The zero-order valence-corrected chi connectivity index (χ0v) is 11.5. The second-order valence-corrected chi connectivity index (χ2v) is 6.16. The molecule has 0 radical (unpaired) electrons. The van der Waals surface area contributed by atoms with E-state index < -0.39 is 5.60 Å². The zero-order valence-electron chi connectivity index (χ0n) is 11.5. The average molecular weight is 260 g/mol. The molecule has 3 heteroatoms. The van der Waals surface area contributed by atoms with Gasteiger partial charge in [-0.05, 0) is 37.3 Å². The minimum absolute atomic E-state index is 0.138. The van der Waals surface area contributed by atoms with Gasteiger partial charge in [-0.2, -0.15) is 0 Å². The number of hydrogen-bond donors (Lipinski definition) is 2. The molecule has 1 aromatic rings. The molecule has 2 aliphatic rings. The van der Waals surface area contributed by atoms with Gasteiger partial charge in [0.05, 0.1) is 5.60 Å². The molecule has 0 spiro atoms. The van der Waals surface area contributed by atoms with E-state index in [4.69, 9.17) is 5.73 Å². The predicted molar refractivity (Wildman–Crippen MR) is 78.2 cm³/mol. The summed E-state index contributed by atoms with van der Waals surface area (Å²) >= 11 is 0. The molecule has 1 aromatic carbocycles. The average Bonchev–Trinajstić information content (AvgIpc) is 2.77. The number of hydrogen-bond acceptors (Lipinski definition) is 3. The number of aliphatic hydroxyl groups is 1. The largest absolute Gasteiger partial charge is 0.388 e. The van der Waals surface area contributed by atoms with Gasteiger partial charge in [-0.3, -0.25) is 0 Å². The summed E-state index contributed by atoms with van der Waals surface area (Å²) < 4.78 is 0. The van der Waals surface area contributed by atoms with Crippen molar-refractivity contribution in [2.45, 2.75) is 50.2 Å². The Kier molecular flexibility index (Phi) is 3.50. The SMILES string of the molecule is NC1CCCN(CC2(O)CCCC2)c2ccccc21. The Morgan fingerprint density at radius 2 is 1.95 bits per heavy atom. The van der Waals surface area contributed by atoms with E-state index in [0.29, 0.717) is 0 Å². The third-order valence-corrected chi connectivity index (χ3v) is 4.64. The normalized spacial score (nSPS) is 26.0. The molecule has 1 atom stereocenters. The second-order valence-electron chi connectivity index (χ2n) is 6.16. The molecular weight excluding hydrogens is 236 g/mol. The van der Waals surface area contributed by atoms with Gasteiger partial charge in [0, 0.05) is 24.8 Å². The van der Waals surface area contributed by atoms with Crippen molar-refractivity contribution >= 4 is 5.69 Å². The number of fused-ring (bicyclic) bond motifs is 1. The highest BCUT2D eigenvalue weighted by molar-refractivity contribution is 5.56. The highest BCUT2D eigenvalue weighted by Gasteiger charge is 2.34. The summed E-state index contributed by atoms with van der Waals surface area (Å²) in [6, 6.07) is 8.56. The second kappa shape index (κ2) is 5.14. The van der Waals surface area contributed by atoms with Gasteiger partial charge in [0.1, 0.15) is 0 Å². The molecule has 1 aliphatic heterocycles. The van der Waals surface area contributed by atoms with E-state index in [0.717, 1.165) is 51.6 Å². The first kappa shape index (κ1) is 12.9. The van der Waals surface area contributed by atoms with Gasteiger partial charge in [0.2, 0.25) is 0 Å². The van der Waals surface area contributed by atoms with E-state index in [1.807, 2.05) is 0 Å². The summed E-state index contributed by atoms with van der Waals surface area (Å²) in [5, 5.41) is 10.7. The maximum Gasteiger partial charge on any atom is 0.0821 e. The van der Waals surface area contributed by atoms with Crippen LogP contribution in [0.25, 0.3) is 0 Å². The van der Waals surface area contributed by atoms with Crippen molar-refractivity contribution in [3.63, 3.8) is 0 Å². The van der Waals surface area contributed by atoms with Crippen LogP contribution < -0.4 is 10.6 Å². The lowest BCUT2D eigenvalue weighted by molar-refractivity contribution is 0.0548. The Morgan fingerprint density at radius 1 is 1.21 bits per heavy atom. The highest BCUT2D eigenvalue weighted by Crippen LogP contribution is 2.35. The van der Waals surface area contributed by atoms with Crippen molar-refractivity contribution in [2.75, 3.05) is 18.0 Å². The van der Waals surface area contributed by atoms with E-state index in [-0.39, 0.29) is 6.04 Å². The van der Waals surface area contributed by atoms with E-state index in [1.165, 1.54) is 11.3 Å². The van der Waals surface area contributed by atoms with Gasteiger partial charge < -0.3 is 15.7 Å². The fraction of sp³-hybridized carbons (Fsp3) is 0.625. The molecule has 1 fully saturated rings. The molecule has 0 bridgehead atoms. The van der Waals surface area contributed by atoms with Crippen molar-refractivity contribution < 1.29 is 5.11 Å². The number of nitrogens with two attached hydrogens (primary N) is 1. The quantitative estimate of drug-likeness (QED) is 0.859. The molecular formula is C16H24N2O. The number of β-amino-alcohol motifs (C(OH)–C–C–N with tert-alkyl or cyclic N) is 1. The Morgan fingerprint density at radius 3 is 2.74 bits per heavy atom. The van der Waals surface area contributed by atoms with Crippen LogP contribution in [0.4, 0.5) is 5.69 Å². The first-order valence-electron chi connectivity index (χ1n) is 7.50. The van der Waals surface area contributed by atoms with Gasteiger partial charge in [-0.1, -0.05) is 31.0 Å². The van der Waals surface area contributed by atoms with Gasteiger partial charge in [0.25, 0.3) is 0 Å². The van der Waals surface area contributed by atoms with Crippen LogP contribution in [0.5, 0.6) is 0 Å². The van der Waals surface area contributed by atoms with Crippen molar-refractivity contribution in [1.82, 2.24) is 0 Å². The van der Waals surface area contributed by atoms with Crippen molar-refractivity contribution in [1.29, 1.82) is 0 Å². The lowest BCUT2D eigenvalue weighted by Gasteiger charge is -2.33. The van der Waals surface area contributed by atoms with Crippen LogP contribution in [-0.2, 0) is 0 Å². The van der Waals surface area contributed by atoms with E-state index in [2.05, 4.69) is 29.2 Å². The van der Waals surface area contributed by atoms with Crippen LogP contribution in [0, 0.1) is 0 Å². The molecule has 1 saturated carbocycles. The van der Waals surface area contributed by atoms with Crippen LogP contribution in [0.3, 0.4) is 0 Å². The summed E-state index contributed by atoms with van der Waals surface area (Å²) in [5.74, 6) is 0. The number of anilines is 1. The Hall–Kier alpha value is -1.06. The minimum Gasteiger partial charge on any atom is -0.388 e. The van der Waals surface area contributed by atoms with Gasteiger partial charge in [0.15, 0.2) is 0 Å². The fourth-order valence-electron chi connectivity index (χ4n) is 3.58. The standard InChI is InChI=1S/C16H24N2O/c17-14-7-5-11-18(12-16(19)9-3-4-10-16)15-8-2-1-6-13(14)15/h1-2,6,8,14,19H,3-5,7,9-12,17H2. The fourth-order valence-corrected chi connectivity index (χ4v) is 3.58. The summed E-state index contributed by atoms with van der Waals surface area (Å²) in [7, 11) is 0. The molecule has 19 heavy (non-hydrogen) atoms.